The Bertz CT molecular complexity index is 413. The maximum Gasteiger partial charge on any atom is 0.357 e. The van der Waals surface area contributed by atoms with E-state index in [1.165, 1.54) is 0 Å². The molecule has 3 rings (SSSR count). The van der Waals surface area contributed by atoms with Crippen molar-refractivity contribution in [2.75, 3.05) is 0 Å². The van der Waals surface area contributed by atoms with Crippen LogP contribution in [0.25, 0.3) is 0 Å². The average molecular weight is 215 g/mol. The van der Waals surface area contributed by atoms with Crippen molar-refractivity contribution in [1.82, 2.24) is 5.06 Å². The highest BCUT2D eigenvalue weighted by Crippen LogP contribution is 2.32. The number of carbonyl (C=O) groups is 1. The summed E-state index contributed by atoms with van der Waals surface area (Å²) in [5.41, 5.74) is 0.605. The molecule has 1 saturated heterocycles. The summed E-state index contributed by atoms with van der Waals surface area (Å²) < 4.78 is 0. The lowest BCUT2D eigenvalue weighted by Crippen LogP contribution is -2.32. The Hall–Kier alpha value is -1.61. The summed E-state index contributed by atoms with van der Waals surface area (Å²) in [6.07, 6.45) is 6.41. The fraction of sp³-hybridized carbons (Fsp3) is 0.308. The summed E-state index contributed by atoms with van der Waals surface area (Å²) in [5.74, 6) is -0.263. The molecule has 1 aromatic rings. The Balaban J connectivity index is 1.70. The molecule has 0 N–H and O–H groups in total. The molecule has 2 atom stereocenters. The van der Waals surface area contributed by atoms with Crippen LogP contribution in [0.1, 0.15) is 23.2 Å². The number of hydroxylamine groups is 2. The Morgan fingerprint density at radius 3 is 2.31 bits per heavy atom. The molecule has 2 aliphatic heterocycles. The van der Waals surface area contributed by atoms with E-state index in [0.29, 0.717) is 5.56 Å². The van der Waals surface area contributed by atoms with Crippen LogP contribution in [-0.4, -0.2) is 23.1 Å². The SMILES string of the molecule is O=C(ON1C2C=CC1CC2)c1ccccc1. The van der Waals surface area contributed by atoms with E-state index in [9.17, 15) is 4.79 Å². The van der Waals surface area contributed by atoms with E-state index in [2.05, 4.69) is 12.2 Å². The maximum absolute atomic E-state index is 11.8. The van der Waals surface area contributed by atoms with E-state index in [0.717, 1.165) is 12.8 Å². The second kappa shape index (κ2) is 3.76. The lowest BCUT2D eigenvalue weighted by molar-refractivity contribution is -0.118. The fourth-order valence-electron chi connectivity index (χ4n) is 2.32. The van der Waals surface area contributed by atoms with Gasteiger partial charge < -0.3 is 4.84 Å². The van der Waals surface area contributed by atoms with Gasteiger partial charge in [-0.05, 0) is 25.0 Å². The number of rotatable bonds is 2. The molecule has 2 unspecified atom stereocenters. The number of fused-ring (bicyclic) bond motifs is 2. The van der Waals surface area contributed by atoms with Crippen LogP contribution >= 0.6 is 0 Å². The summed E-state index contributed by atoms with van der Waals surface area (Å²) in [6.45, 7) is 0. The molecule has 1 fully saturated rings. The molecular formula is C13H13NO2. The molecule has 82 valence electrons. The Morgan fingerprint density at radius 1 is 1.12 bits per heavy atom. The second-order valence-electron chi connectivity index (χ2n) is 4.20. The van der Waals surface area contributed by atoms with E-state index < -0.39 is 0 Å². The van der Waals surface area contributed by atoms with Gasteiger partial charge >= 0.3 is 5.97 Å². The molecule has 16 heavy (non-hydrogen) atoms. The van der Waals surface area contributed by atoms with Crippen LogP contribution in [0.4, 0.5) is 0 Å². The van der Waals surface area contributed by atoms with Crippen molar-refractivity contribution in [3.05, 3.63) is 48.0 Å². The summed E-state index contributed by atoms with van der Waals surface area (Å²) in [6, 6.07) is 9.69. The lowest BCUT2D eigenvalue weighted by Gasteiger charge is -2.20. The molecule has 0 spiro atoms. The Morgan fingerprint density at radius 2 is 1.75 bits per heavy atom. The van der Waals surface area contributed by atoms with Gasteiger partial charge in [0.15, 0.2) is 0 Å². The largest absolute Gasteiger partial charge is 0.363 e. The molecule has 0 saturated carbocycles. The molecule has 2 heterocycles. The second-order valence-corrected chi connectivity index (χ2v) is 4.20. The molecular weight excluding hydrogens is 202 g/mol. The minimum Gasteiger partial charge on any atom is -0.363 e. The first-order chi connectivity index (χ1) is 7.84. The predicted molar refractivity (Wildman–Crippen MR) is 59.6 cm³/mol. The maximum atomic E-state index is 11.8. The van der Waals surface area contributed by atoms with Gasteiger partial charge in [-0.2, -0.15) is 0 Å². The fourth-order valence-corrected chi connectivity index (χ4v) is 2.32. The smallest absolute Gasteiger partial charge is 0.357 e. The van der Waals surface area contributed by atoms with Crippen molar-refractivity contribution in [3.8, 4) is 0 Å². The minimum atomic E-state index is -0.263. The van der Waals surface area contributed by atoms with Gasteiger partial charge in [-0.25, -0.2) is 4.79 Å². The normalized spacial score (nSPS) is 27.2. The Kier molecular flexibility index (Phi) is 2.26. The number of nitrogens with zero attached hydrogens (tertiary/aromatic N) is 1. The van der Waals surface area contributed by atoms with Crippen LogP contribution in [0.5, 0.6) is 0 Å². The van der Waals surface area contributed by atoms with E-state index in [4.69, 9.17) is 4.84 Å². The quantitative estimate of drug-likeness (QED) is 0.708. The minimum absolute atomic E-state index is 0.263. The summed E-state index contributed by atoms with van der Waals surface area (Å²) in [7, 11) is 0. The summed E-state index contributed by atoms with van der Waals surface area (Å²) in [4.78, 5) is 17.2. The first-order valence-electron chi connectivity index (χ1n) is 5.58. The monoisotopic (exact) mass is 215 g/mol. The molecule has 0 aliphatic carbocycles. The molecule has 0 aromatic heterocycles. The molecule has 3 heteroatoms. The van der Waals surface area contributed by atoms with Gasteiger partial charge in [0.1, 0.15) is 0 Å². The molecule has 0 radical (unpaired) electrons. The zero-order valence-corrected chi connectivity index (χ0v) is 8.87. The summed E-state index contributed by atoms with van der Waals surface area (Å²) >= 11 is 0. The van der Waals surface area contributed by atoms with E-state index >= 15 is 0 Å². The van der Waals surface area contributed by atoms with Gasteiger partial charge in [0.05, 0.1) is 17.6 Å². The first-order valence-corrected chi connectivity index (χ1v) is 5.58. The molecule has 0 amide bonds. The van der Waals surface area contributed by atoms with Gasteiger partial charge in [0.2, 0.25) is 0 Å². The van der Waals surface area contributed by atoms with Gasteiger partial charge in [-0.3, -0.25) is 0 Å². The van der Waals surface area contributed by atoms with Crippen molar-refractivity contribution >= 4 is 5.97 Å². The van der Waals surface area contributed by atoms with Gasteiger partial charge in [-0.15, -0.1) is 5.06 Å². The van der Waals surface area contributed by atoms with Gasteiger partial charge in [-0.1, -0.05) is 30.4 Å². The lowest BCUT2D eigenvalue weighted by atomic mass is 10.1. The van der Waals surface area contributed by atoms with Crippen molar-refractivity contribution in [2.24, 2.45) is 0 Å². The van der Waals surface area contributed by atoms with Crippen LogP contribution < -0.4 is 0 Å². The van der Waals surface area contributed by atoms with Crippen LogP contribution in [0.2, 0.25) is 0 Å². The topological polar surface area (TPSA) is 29.5 Å². The van der Waals surface area contributed by atoms with Crippen LogP contribution in [0.3, 0.4) is 0 Å². The summed E-state index contributed by atoms with van der Waals surface area (Å²) in [5, 5.41) is 1.81. The van der Waals surface area contributed by atoms with Gasteiger partial charge in [0.25, 0.3) is 0 Å². The van der Waals surface area contributed by atoms with Crippen molar-refractivity contribution in [3.63, 3.8) is 0 Å². The molecule has 3 nitrogen and oxygen atoms in total. The van der Waals surface area contributed by atoms with Gasteiger partial charge in [0, 0.05) is 0 Å². The third-order valence-electron chi connectivity index (χ3n) is 3.17. The van der Waals surface area contributed by atoms with Crippen molar-refractivity contribution in [2.45, 2.75) is 24.9 Å². The van der Waals surface area contributed by atoms with E-state index in [1.54, 1.807) is 12.1 Å². The third kappa shape index (κ3) is 1.53. The highest BCUT2D eigenvalue weighted by atomic mass is 16.7. The Labute approximate surface area is 94.3 Å². The van der Waals surface area contributed by atoms with Crippen LogP contribution in [-0.2, 0) is 4.84 Å². The predicted octanol–water partition coefficient (Wildman–Crippen LogP) is 2.16. The first kappa shape index (κ1) is 9.60. The number of benzene rings is 1. The number of hydrogen-bond acceptors (Lipinski definition) is 3. The highest BCUT2D eigenvalue weighted by molar-refractivity contribution is 5.89. The highest BCUT2D eigenvalue weighted by Gasteiger charge is 2.38. The molecule has 2 aliphatic rings. The molecule has 1 aromatic carbocycles. The zero-order valence-electron chi connectivity index (χ0n) is 8.87. The number of carbonyl (C=O) groups excluding carboxylic acids is 1. The zero-order chi connectivity index (χ0) is 11.0. The number of hydrogen-bond donors (Lipinski definition) is 0. The van der Waals surface area contributed by atoms with Crippen LogP contribution in [0.15, 0.2) is 42.5 Å². The standard InChI is InChI=1S/C13H13NO2/c15-13(10-4-2-1-3-5-10)16-14-11-6-7-12(14)9-8-11/h1-7,11-12H,8-9H2. The average Bonchev–Trinajstić information content (AvgIpc) is 2.90. The van der Waals surface area contributed by atoms with Crippen molar-refractivity contribution < 1.29 is 9.63 Å². The van der Waals surface area contributed by atoms with E-state index in [-0.39, 0.29) is 18.1 Å². The third-order valence-corrected chi connectivity index (χ3v) is 3.17. The van der Waals surface area contributed by atoms with Crippen molar-refractivity contribution in [1.29, 1.82) is 0 Å². The molecule has 2 bridgehead atoms. The van der Waals surface area contributed by atoms with Crippen LogP contribution in [0, 0.1) is 0 Å². The van der Waals surface area contributed by atoms with E-state index in [1.807, 2.05) is 23.3 Å².